The highest BCUT2D eigenvalue weighted by atomic mass is 32.1. The minimum absolute atomic E-state index is 0.158. The second-order valence-corrected chi connectivity index (χ2v) is 6.65. The van der Waals surface area contributed by atoms with Gasteiger partial charge in [0.25, 0.3) is 5.91 Å². The fourth-order valence-electron chi connectivity index (χ4n) is 2.36. The van der Waals surface area contributed by atoms with Crippen LogP contribution in [-0.4, -0.2) is 22.3 Å². The first-order valence-corrected chi connectivity index (χ1v) is 7.72. The van der Waals surface area contributed by atoms with Gasteiger partial charge in [-0.3, -0.25) is 4.79 Å². The summed E-state index contributed by atoms with van der Waals surface area (Å²) in [6.45, 7) is 2.88. The summed E-state index contributed by atoms with van der Waals surface area (Å²) in [6.07, 6.45) is 3.92. The molecule has 2 aromatic rings. The van der Waals surface area contributed by atoms with E-state index in [1.54, 1.807) is 22.7 Å². The number of carbonyl (C=O) groups excluding carboxylic acids is 1. The van der Waals surface area contributed by atoms with E-state index < -0.39 is 0 Å². The third-order valence-electron chi connectivity index (χ3n) is 3.20. The molecule has 1 atom stereocenters. The molecule has 5 heteroatoms. The Hall–Kier alpha value is -1.20. The Balaban J connectivity index is 1.85. The fraction of sp³-hybridized carbons (Fsp3) is 0.385. The highest BCUT2D eigenvalue weighted by Gasteiger charge is 2.32. The third-order valence-corrected chi connectivity index (χ3v) is 5.07. The molecule has 1 amide bonds. The van der Waals surface area contributed by atoms with Gasteiger partial charge >= 0.3 is 0 Å². The summed E-state index contributed by atoms with van der Waals surface area (Å²) in [4.78, 5) is 20.8. The lowest BCUT2D eigenvalue weighted by Gasteiger charge is -2.22. The van der Waals surface area contributed by atoms with E-state index in [0.717, 1.165) is 29.3 Å². The Bertz CT molecular complexity index is 547. The topological polar surface area (TPSA) is 33.2 Å². The molecule has 1 aliphatic heterocycles. The second-order valence-electron chi connectivity index (χ2n) is 4.44. The van der Waals surface area contributed by atoms with E-state index in [4.69, 9.17) is 0 Å². The number of thiophene rings is 1. The summed E-state index contributed by atoms with van der Waals surface area (Å²) in [6, 6.07) is 4.12. The molecule has 3 rings (SSSR count). The molecular formula is C13H14N2OS2. The molecule has 0 aromatic carbocycles. The normalized spacial score (nSPS) is 19.4. The predicted octanol–water partition coefficient (Wildman–Crippen LogP) is 3.49. The molecule has 3 nitrogen and oxygen atoms in total. The van der Waals surface area contributed by atoms with Crippen molar-refractivity contribution < 1.29 is 4.79 Å². The molecule has 0 spiro atoms. The summed E-state index contributed by atoms with van der Waals surface area (Å²) in [5.41, 5.74) is 0. The first-order valence-electron chi connectivity index (χ1n) is 6.02. The van der Waals surface area contributed by atoms with Crippen molar-refractivity contribution in [2.24, 2.45) is 0 Å². The minimum atomic E-state index is 0.158. The van der Waals surface area contributed by atoms with Crippen LogP contribution in [0.3, 0.4) is 0 Å². The van der Waals surface area contributed by atoms with Crippen molar-refractivity contribution in [3.63, 3.8) is 0 Å². The van der Waals surface area contributed by atoms with Gasteiger partial charge in [-0.05, 0) is 31.9 Å². The third kappa shape index (κ3) is 2.08. The molecule has 0 radical (unpaired) electrons. The van der Waals surface area contributed by atoms with Crippen LogP contribution in [0.5, 0.6) is 0 Å². The summed E-state index contributed by atoms with van der Waals surface area (Å²) in [5.74, 6) is 0.158. The van der Waals surface area contributed by atoms with E-state index in [-0.39, 0.29) is 11.9 Å². The maximum absolute atomic E-state index is 12.5. The zero-order valence-electron chi connectivity index (χ0n) is 10.1. The van der Waals surface area contributed by atoms with Crippen molar-refractivity contribution in [1.29, 1.82) is 0 Å². The zero-order chi connectivity index (χ0) is 12.5. The number of likely N-dealkylation sites (tertiary alicyclic amines) is 1. The highest BCUT2D eigenvalue weighted by Crippen LogP contribution is 2.34. The number of aromatic nitrogens is 1. The Morgan fingerprint density at radius 2 is 2.39 bits per heavy atom. The molecule has 1 aliphatic rings. The zero-order valence-corrected chi connectivity index (χ0v) is 11.8. The molecule has 0 saturated carbocycles. The van der Waals surface area contributed by atoms with Gasteiger partial charge in [-0.15, -0.1) is 22.7 Å². The molecule has 0 unspecified atom stereocenters. The molecule has 1 fully saturated rings. The number of rotatable bonds is 2. The van der Waals surface area contributed by atoms with E-state index in [0.29, 0.717) is 0 Å². The Morgan fingerprint density at radius 3 is 3.06 bits per heavy atom. The molecule has 0 N–H and O–H groups in total. The highest BCUT2D eigenvalue weighted by molar-refractivity contribution is 7.14. The predicted molar refractivity (Wildman–Crippen MR) is 74.2 cm³/mol. The van der Waals surface area contributed by atoms with Crippen LogP contribution in [0.4, 0.5) is 0 Å². The van der Waals surface area contributed by atoms with Crippen LogP contribution in [-0.2, 0) is 0 Å². The van der Waals surface area contributed by atoms with Gasteiger partial charge in [-0.25, -0.2) is 4.98 Å². The number of aryl methyl sites for hydroxylation is 1. The van der Waals surface area contributed by atoms with Crippen LogP contribution in [0.2, 0.25) is 0 Å². The van der Waals surface area contributed by atoms with Crippen molar-refractivity contribution in [3.05, 3.63) is 38.5 Å². The van der Waals surface area contributed by atoms with Crippen LogP contribution >= 0.6 is 22.7 Å². The maximum atomic E-state index is 12.5. The summed E-state index contributed by atoms with van der Waals surface area (Å²) in [7, 11) is 0. The summed E-state index contributed by atoms with van der Waals surface area (Å²) in [5, 5.41) is 3.04. The van der Waals surface area contributed by atoms with Gasteiger partial charge in [-0.1, -0.05) is 0 Å². The van der Waals surface area contributed by atoms with Crippen LogP contribution < -0.4 is 0 Å². The van der Waals surface area contributed by atoms with Gasteiger partial charge in [-0.2, -0.15) is 0 Å². The van der Waals surface area contributed by atoms with E-state index in [9.17, 15) is 4.79 Å². The van der Waals surface area contributed by atoms with Crippen molar-refractivity contribution in [3.8, 4) is 0 Å². The van der Waals surface area contributed by atoms with Crippen molar-refractivity contribution in [2.45, 2.75) is 25.8 Å². The van der Waals surface area contributed by atoms with Gasteiger partial charge in [0.15, 0.2) is 0 Å². The first kappa shape index (κ1) is 11.9. The van der Waals surface area contributed by atoms with Gasteiger partial charge in [0.05, 0.1) is 10.9 Å². The maximum Gasteiger partial charge on any atom is 0.264 e. The van der Waals surface area contributed by atoms with E-state index >= 15 is 0 Å². The van der Waals surface area contributed by atoms with Crippen molar-refractivity contribution >= 4 is 28.6 Å². The monoisotopic (exact) mass is 278 g/mol. The van der Waals surface area contributed by atoms with Crippen LogP contribution in [0.15, 0.2) is 23.7 Å². The molecule has 18 heavy (non-hydrogen) atoms. The molecule has 3 heterocycles. The summed E-state index contributed by atoms with van der Waals surface area (Å²) >= 11 is 3.21. The fourth-order valence-corrected chi connectivity index (χ4v) is 3.97. The van der Waals surface area contributed by atoms with Gasteiger partial charge < -0.3 is 4.90 Å². The Labute approximate surface area is 114 Å². The standard InChI is InChI=1S/C13H14N2OS2/c1-9-4-5-11(18-9)13(16)15-7-2-3-10(15)12-14-6-8-17-12/h4-6,8,10H,2-3,7H2,1H3/t10-/m1/s1. The molecule has 0 aliphatic carbocycles. The summed E-state index contributed by atoms with van der Waals surface area (Å²) < 4.78 is 0. The number of thiazole rings is 1. The molecule has 2 aromatic heterocycles. The van der Waals surface area contributed by atoms with Gasteiger partial charge in [0, 0.05) is 23.0 Å². The number of hydrogen-bond donors (Lipinski definition) is 0. The van der Waals surface area contributed by atoms with Crippen molar-refractivity contribution in [2.75, 3.05) is 6.54 Å². The van der Waals surface area contributed by atoms with Gasteiger partial charge in [0.1, 0.15) is 5.01 Å². The minimum Gasteiger partial charge on any atom is -0.328 e. The first-order chi connectivity index (χ1) is 8.75. The molecule has 94 valence electrons. The molecular weight excluding hydrogens is 264 g/mol. The quantitative estimate of drug-likeness (QED) is 0.842. The van der Waals surface area contributed by atoms with E-state index in [2.05, 4.69) is 4.98 Å². The SMILES string of the molecule is Cc1ccc(C(=O)N2CCC[C@@H]2c2nccs2)s1. The average Bonchev–Trinajstić information content (AvgIpc) is 3.08. The lowest BCUT2D eigenvalue weighted by molar-refractivity contribution is 0.0740. The number of hydrogen-bond acceptors (Lipinski definition) is 4. The lowest BCUT2D eigenvalue weighted by atomic mass is 10.2. The van der Waals surface area contributed by atoms with E-state index in [1.807, 2.05) is 35.5 Å². The molecule has 0 bridgehead atoms. The smallest absolute Gasteiger partial charge is 0.264 e. The number of amides is 1. The van der Waals surface area contributed by atoms with Crippen LogP contribution in [0.1, 0.15) is 38.4 Å². The number of carbonyl (C=O) groups is 1. The van der Waals surface area contributed by atoms with Crippen LogP contribution in [0, 0.1) is 6.92 Å². The van der Waals surface area contributed by atoms with E-state index in [1.165, 1.54) is 4.88 Å². The van der Waals surface area contributed by atoms with Crippen LogP contribution in [0.25, 0.3) is 0 Å². The second kappa shape index (κ2) is 4.82. The Morgan fingerprint density at radius 1 is 1.50 bits per heavy atom. The Kier molecular flexibility index (Phi) is 3.18. The van der Waals surface area contributed by atoms with Gasteiger partial charge in [0.2, 0.25) is 0 Å². The molecule has 1 saturated heterocycles. The average molecular weight is 278 g/mol. The number of nitrogens with zero attached hydrogens (tertiary/aromatic N) is 2. The van der Waals surface area contributed by atoms with Crippen molar-refractivity contribution in [1.82, 2.24) is 9.88 Å². The largest absolute Gasteiger partial charge is 0.328 e. The lowest BCUT2D eigenvalue weighted by Crippen LogP contribution is -2.29.